The van der Waals surface area contributed by atoms with Gasteiger partial charge >= 0.3 is 6.18 Å². The van der Waals surface area contributed by atoms with E-state index in [1.165, 1.54) is 30.6 Å². The summed E-state index contributed by atoms with van der Waals surface area (Å²) < 4.78 is 59.8. The third-order valence-electron chi connectivity index (χ3n) is 5.16. The van der Waals surface area contributed by atoms with Crippen LogP contribution in [0.1, 0.15) is 27.0 Å². The van der Waals surface area contributed by atoms with Crippen molar-refractivity contribution in [3.8, 4) is 11.8 Å². The van der Waals surface area contributed by atoms with Gasteiger partial charge in [-0.15, -0.1) is 0 Å². The zero-order chi connectivity index (χ0) is 25.0. The molecule has 0 atom stereocenters. The van der Waals surface area contributed by atoms with Crippen molar-refractivity contribution in [1.29, 1.82) is 0 Å². The maximum atomic E-state index is 14.5. The molecule has 0 saturated carbocycles. The second kappa shape index (κ2) is 9.99. The molecule has 0 aliphatic carbocycles. The Kier molecular flexibility index (Phi) is 6.84. The first-order valence-corrected chi connectivity index (χ1v) is 10.4. The first-order chi connectivity index (χ1) is 16.7. The number of carbonyl (C=O) groups is 1. The second-order valence-electron chi connectivity index (χ2n) is 7.56. The quantitative estimate of drug-likeness (QED) is 0.434. The fraction of sp³-hybridized carbons (Fsp3) is 0.208. The molecule has 0 radical (unpaired) electrons. The summed E-state index contributed by atoms with van der Waals surface area (Å²) in [4.78, 5) is 22.4. The summed E-state index contributed by atoms with van der Waals surface area (Å²) in [5.74, 6) is 3.88. The molecule has 7 nitrogen and oxygen atoms in total. The number of anilines is 3. The number of hydrogen-bond acceptors (Lipinski definition) is 6. The first-order valence-electron chi connectivity index (χ1n) is 10.4. The number of morpholine rings is 1. The fourth-order valence-corrected chi connectivity index (χ4v) is 3.41. The Labute approximate surface area is 197 Å². The molecule has 1 amide bonds. The minimum absolute atomic E-state index is 0.0818. The van der Waals surface area contributed by atoms with E-state index >= 15 is 0 Å². The van der Waals surface area contributed by atoms with Crippen molar-refractivity contribution >= 4 is 23.2 Å². The maximum Gasteiger partial charge on any atom is 0.416 e. The Hall–Kier alpha value is -4.17. The van der Waals surface area contributed by atoms with Gasteiger partial charge in [-0.25, -0.2) is 14.4 Å². The number of halogens is 4. The Bertz CT molecular complexity index is 1290. The molecule has 1 saturated heterocycles. The number of benzene rings is 2. The fourth-order valence-electron chi connectivity index (χ4n) is 3.41. The molecule has 3 N–H and O–H groups in total. The minimum atomic E-state index is -4.62. The van der Waals surface area contributed by atoms with Crippen LogP contribution in [0, 0.1) is 17.7 Å². The number of amides is 1. The lowest BCUT2D eigenvalue weighted by atomic mass is 10.1. The Morgan fingerprint density at radius 2 is 1.71 bits per heavy atom. The Morgan fingerprint density at radius 3 is 2.40 bits per heavy atom. The van der Waals surface area contributed by atoms with E-state index in [0.717, 1.165) is 18.2 Å². The van der Waals surface area contributed by atoms with Gasteiger partial charge in [0, 0.05) is 31.0 Å². The molecule has 1 aliphatic heterocycles. The summed E-state index contributed by atoms with van der Waals surface area (Å²) in [6.45, 7) is 1.65. The van der Waals surface area contributed by atoms with Gasteiger partial charge < -0.3 is 20.7 Å². The number of aromatic nitrogens is 2. The summed E-state index contributed by atoms with van der Waals surface area (Å²) in [6, 6.07) is 6.73. The molecule has 180 valence electrons. The lowest BCUT2D eigenvalue weighted by molar-refractivity contribution is -0.137. The molecule has 1 aliphatic rings. The van der Waals surface area contributed by atoms with Gasteiger partial charge in [0.05, 0.1) is 41.3 Å². The van der Waals surface area contributed by atoms with Gasteiger partial charge in [-0.1, -0.05) is 11.8 Å². The molecule has 35 heavy (non-hydrogen) atoms. The summed E-state index contributed by atoms with van der Waals surface area (Å²) in [7, 11) is 0. The zero-order valence-corrected chi connectivity index (χ0v) is 18.2. The molecular formula is C24H19F4N5O2. The number of rotatable bonds is 3. The molecule has 0 unspecified atom stereocenters. The molecular weight excluding hydrogens is 466 g/mol. The van der Waals surface area contributed by atoms with Crippen molar-refractivity contribution in [3.05, 3.63) is 76.9 Å². The van der Waals surface area contributed by atoms with Crippen molar-refractivity contribution in [2.45, 2.75) is 6.18 Å². The minimum Gasteiger partial charge on any atom is -0.378 e. The van der Waals surface area contributed by atoms with E-state index in [9.17, 15) is 22.4 Å². The molecule has 0 bridgehead atoms. The van der Waals surface area contributed by atoms with Gasteiger partial charge in [0.25, 0.3) is 5.91 Å². The van der Waals surface area contributed by atoms with Gasteiger partial charge in [-0.05, 0) is 36.4 Å². The Balaban J connectivity index is 1.63. The number of alkyl halides is 3. The van der Waals surface area contributed by atoms with Gasteiger partial charge in [0.1, 0.15) is 5.82 Å². The number of hydrogen-bond donors (Lipinski definition) is 2. The lowest BCUT2D eigenvalue weighted by Gasteiger charge is -2.31. The highest BCUT2D eigenvalue weighted by atomic mass is 19.4. The van der Waals surface area contributed by atoms with Crippen LogP contribution in [0.4, 0.5) is 34.9 Å². The summed E-state index contributed by atoms with van der Waals surface area (Å²) in [6.07, 6.45) is -1.80. The van der Waals surface area contributed by atoms with Crippen LogP contribution in [0.3, 0.4) is 0 Å². The first kappa shape index (κ1) is 24.0. The third kappa shape index (κ3) is 5.85. The molecule has 1 aromatic heterocycles. The van der Waals surface area contributed by atoms with Crippen LogP contribution in [0.2, 0.25) is 0 Å². The largest absolute Gasteiger partial charge is 0.416 e. The highest BCUT2D eigenvalue weighted by molar-refractivity contribution is 6.06. The second-order valence-corrected chi connectivity index (χ2v) is 7.56. The number of nitrogens with one attached hydrogen (secondary N) is 1. The standard InChI is InChI=1S/C24H19F4N5O2/c25-19-5-3-15(1-2-16-13-30-23(29)31-14-16)11-18(19)22(34)32-20-12-17(24(26,27)28)4-6-21(20)33-7-9-35-10-8-33/h3-6,11-14H,7-10H2,(H,32,34)(H2,29,30,31). The van der Waals surface area contributed by atoms with E-state index in [2.05, 4.69) is 27.1 Å². The van der Waals surface area contributed by atoms with Crippen LogP contribution < -0.4 is 16.0 Å². The summed E-state index contributed by atoms with van der Waals surface area (Å²) in [5.41, 5.74) is 5.20. The number of nitrogen functional groups attached to an aromatic ring is 1. The van der Waals surface area contributed by atoms with Crippen LogP contribution >= 0.6 is 0 Å². The average Bonchev–Trinajstić information content (AvgIpc) is 2.84. The number of carbonyl (C=O) groups excluding carboxylic acids is 1. The van der Waals surface area contributed by atoms with Crippen LogP contribution in [-0.2, 0) is 10.9 Å². The molecule has 4 rings (SSSR count). The van der Waals surface area contributed by atoms with Crippen molar-refractivity contribution in [2.24, 2.45) is 0 Å². The van der Waals surface area contributed by atoms with Crippen LogP contribution in [0.25, 0.3) is 0 Å². The van der Waals surface area contributed by atoms with Crippen LogP contribution in [-0.4, -0.2) is 42.2 Å². The topological polar surface area (TPSA) is 93.4 Å². The van der Waals surface area contributed by atoms with Gasteiger partial charge in [-0.3, -0.25) is 4.79 Å². The molecule has 1 fully saturated rings. The predicted molar refractivity (Wildman–Crippen MR) is 121 cm³/mol. The number of nitrogens with two attached hydrogens (primary N) is 1. The monoisotopic (exact) mass is 485 g/mol. The van der Waals surface area contributed by atoms with E-state index in [1.54, 1.807) is 4.90 Å². The SMILES string of the molecule is Nc1ncc(C#Cc2ccc(F)c(C(=O)Nc3cc(C(F)(F)F)ccc3N3CCOCC3)c2)cn1. The van der Waals surface area contributed by atoms with Gasteiger partial charge in [-0.2, -0.15) is 13.2 Å². The average molecular weight is 485 g/mol. The van der Waals surface area contributed by atoms with Crippen LogP contribution in [0.5, 0.6) is 0 Å². The van der Waals surface area contributed by atoms with Gasteiger partial charge in [0.15, 0.2) is 0 Å². The van der Waals surface area contributed by atoms with E-state index in [1.807, 2.05) is 0 Å². The van der Waals surface area contributed by atoms with Crippen molar-refractivity contribution in [2.75, 3.05) is 42.3 Å². The molecule has 11 heteroatoms. The van der Waals surface area contributed by atoms with Crippen LogP contribution in [0.15, 0.2) is 48.8 Å². The highest BCUT2D eigenvalue weighted by Crippen LogP contribution is 2.36. The molecule has 2 aromatic carbocycles. The third-order valence-corrected chi connectivity index (χ3v) is 5.16. The smallest absolute Gasteiger partial charge is 0.378 e. The molecule has 2 heterocycles. The number of ether oxygens (including phenoxy) is 1. The molecule has 0 spiro atoms. The van der Waals surface area contributed by atoms with E-state index in [0.29, 0.717) is 43.1 Å². The maximum absolute atomic E-state index is 14.5. The van der Waals surface area contributed by atoms with E-state index < -0.39 is 23.5 Å². The van der Waals surface area contributed by atoms with Gasteiger partial charge in [0.2, 0.25) is 5.95 Å². The Morgan fingerprint density at radius 1 is 1.03 bits per heavy atom. The van der Waals surface area contributed by atoms with E-state index in [4.69, 9.17) is 10.5 Å². The van der Waals surface area contributed by atoms with Crippen molar-refractivity contribution in [1.82, 2.24) is 9.97 Å². The molecule has 3 aromatic rings. The zero-order valence-electron chi connectivity index (χ0n) is 18.2. The predicted octanol–water partition coefficient (Wildman–Crippen LogP) is 3.71. The van der Waals surface area contributed by atoms with Crippen molar-refractivity contribution in [3.63, 3.8) is 0 Å². The highest BCUT2D eigenvalue weighted by Gasteiger charge is 2.32. The summed E-state index contributed by atoms with van der Waals surface area (Å²) >= 11 is 0. The van der Waals surface area contributed by atoms with Crippen molar-refractivity contribution < 1.29 is 27.1 Å². The normalized spacial score (nSPS) is 13.7. The lowest BCUT2D eigenvalue weighted by Crippen LogP contribution is -2.37. The van der Waals surface area contributed by atoms with E-state index in [-0.39, 0.29) is 17.2 Å². The number of nitrogens with zero attached hydrogens (tertiary/aromatic N) is 3. The summed E-state index contributed by atoms with van der Waals surface area (Å²) in [5, 5.41) is 2.44.